The molecule has 3 rings (SSSR count). The van der Waals surface area contributed by atoms with Crippen LogP contribution in [0.5, 0.6) is 0 Å². The van der Waals surface area contributed by atoms with Crippen molar-refractivity contribution in [2.75, 3.05) is 27.2 Å². The second-order valence-corrected chi connectivity index (χ2v) is 7.79. The summed E-state index contributed by atoms with van der Waals surface area (Å²) < 4.78 is 0. The molecule has 0 saturated heterocycles. The summed E-state index contributed by atoms with van der Waals surface area (Å²) in [5.41, 5.74) is 3.92. The molecule has 152 valence electrons. The molecule has 0 bridgehead atoms. The normalized spacial score (nSPS) is 13.3. The Balaban J connectivity index is 1.43. The number of unbranched alkanes of at least 4 members (excludes halogenated alkanes) is 1. The van der Waals surface area contributed by atoms with Gasteiger partial charge in [-0.1, -0.05) is 30.3 Å². The van der Waals surface area contributed by atoms with Gasteiger partial charge in [-0.2, -0.15) is 0 Å². The fourth-order valence-electron chi connectivity index (χ4n) is 3.66. The van der Waals surface area contributed by atoms with Crippen molar-refractivity contribution in [3.8, 4) is 0 Å². The molecule has 0 saturated carbocycles. The molecule has 0 aliphatic carbocycles. The number of rotatable bonds is 9. The van der Waals surface area contributed by atoms with Crippen LogP contribution in [0.3, 0.4) is 0 Å². The van der Waals surface area contributed by atoms with Crippen LogP contribution in [0.25, 0.3) is 0 Å². The lowest BCUT2D eigenvalue weighted by atomic mass is 10.0. The third-order valence-electron chi connectivity index (χ3n) is 5.63. The van der Waals surface area contributed by atoms with E-state index >= 15 is 0 Å². The minimum absolute atomic E-state index is 0.0187. The van der Waals surface area contributed by atoms with Gasteiger partial charge in [-0.15, -0.1) is 0 Å². The molecule has 0 fully saturated rings. The number of fused-ring (bicyclic) bond motifs is 1. The SMILES string of the molecule is Cc1ccccc1CCN(C)CCCCC(=O)c1ccc2c(c1)C(=O)N(C)C2=O. The number of benzene rings is 2. The Labute approximate surface area is 172 Å². The summed E-state index contributed by atoms with van der Waals surface area (Å²) in [5, 5.41) is 0. The number of Topliss-reactive ketones (excluding diaryl/α,β-unsaturated/α-hetero) is 1. The maximum absolute atomic E-state index is 12.5. The molecule has 1 aliphatic rings. The van der Waals surface area contributed by atoms with Gasteiger partial charge < -0.3 is 4.90 Å². The van der Waals surface area contributed by atoms with Crippen molar-refractivity contribution in [2.24, 2.45) is 0 Å². The molecule has 2 aromatic carbocycles. The van der Waals surface area contributed by atoms with E-state index < -0.39 is 0 Å². The molecule has 2 amide bonds. The highest BCUT2D eigenvalue weighted by Gasteiger charge is 2.33. The Hall–Kier alpha value is -2.79. The molecule has 1 heterocycles. The van der Waals surface area contributed by atoms with Gasteiger partial charge in [0.2, 0.25) is 0 Å². The highest BCUT2D eigenvalue weighted by Crippen LogP contribution is 2.23. The molecule has 0 aromatic heterocycles. The molecule has 0 N–H and O–H groups in total. The van der Waals surface area contributed by atoms with Gasteiger partial charge in [0, 0.05) is 25.6 Å². The number of amides is 2. The van der Waals surface area contributed by atoms with Crippen molar-refractivity contribution < 1.29 is 14.4 Å². The minimum atomic E-state index is -0.338. The van der Waals surface area contributed by atoms with Crippen LogP contribution in [0.1, 0.15) is 61.5 Å². The van der Waals surface area contributed by atoms with Gasteiger partial charge in [0.15, 0.2) is 5.78 Å². The van der Waals surface area contributed by atoms with E-state index in [-0.39, 0.29) is 17.6 Å². The largest absolute Gasteiger partial charge is 0.306 e. The van der Waals surface area contributed by atoms with Gasteiger partial charge >= 0.3 is 0 Å². The Morgan fingerprint density at radius 3 is 2.45 bits per heavy atom. The van der Waals surface area contributed by atoms with Crippen LogP contribution in [-0.4, -0.2) is 54.6 Å². The molecule has 2 aromatic rings. The summed E-state index contributed by atoms with van der Waals surface area (Å²) in [5.74, 6) is -0.627. The van der Waals surface area contributed by atoms with Gasteiger partial charge in [0.05, 0.1) is 11.1 Å². The van der Waals surface area contributed by atoms with Crippen LogP contribution >= 0.6 is 0 Å². The second kappa shape index (κ2) is 9.14. The number of hydrogen-bond donors (Lipinski definition) is 0. The average molecular weight is 392 g/mol. The van der Waals surface area contributed by atoms with E-state index in [1.807, 2.05) is 0 Å². The summed E-state index contributed by atoms with van der Waals surface area (Å²) in [6.07, 6.45) is 3.22. The van der Waals surface area contributed by atoms with E-state index in [0.29, 0.717) is 23.1 Å². The number of aryl methyl sites for hydroxylation is 1. The molecule has 0 radical (unpaired) electrons. The second-order valence-electron chi connectivity index (χ2n) is 7.79. The van der Waals surface area contributed by atoms with Crippen LogP contribution in [0.4, 0.5) is 0 Å². The number of carbonyl (C=O) groups excluding carboxylic acids is 3. The number of carbonyl (C=O) groups is 3. The van der Waals surface area contributed by atoms with Crippen molar-refractivity contribution in [1.82, 2.24) is 9.80 Å². The van der Waals surface area contributed by atoms with Crippen LogP contribution in [-0.2, 0) is 6.42 Å². The van der Waals surface area contributed by atoms with Gasteiger partial charge in [-0.05, 0) is 63.0 Å². The van der Waals surface area contributed by atoms with E-state index in [9.17, 15) is 14.4 Å². The zero-order chi connectivity index (χ0) is 21.0. The molecule has 29 heavy (non-hydrogen) atoms. The van der Waals surface area contributed by atoms with Gasteiger partial charge in [0.25, 0.3) is 11.8 Å². The first-order valence-corrected chi connectivity index (χ1v) is 10.1. The Kier molecular flexibility index (Phi) is 6.60. The first-order chi connectivity index (χ1) is 13.9. The van der Waals surface area contributed by atoms with Crippen LogP contribution in [0.15, 0.2) is 42.5 Å². The monoisotopic (exact) mass is 392 g/mol. The fourth-order valence-corrected chi connectivity index (χ4v) is 3.66. The third-order valence-corrected chi connectivity index (χ3v) is 5.63. The first-order valence-electron chi connectivity index (χ1n) is 10.1. The highest BCUT2D eigenvalue weighted by atomic mass is 16.2. The number of hydrogen-bond acceptors (Lipinski definition) is 4. The Morgan fingerprint density at radius 2 is 1.69 bits per heavy atom. The van der Waals surface area contributed by atoms with E-state index in [0.717, 1.165) is 37.3 Å². The average Bonchev–Trinajstić information content (AvgIpc) is 2.94. The topological polar surface area (TPSA) is 57.7 Å². The van der Waals surface area contributed by atoms with E-state index in [2.05, 4.69) is 43.1 Å². The zero-order valence-electron chi connectivity index (χ0n) is 17.4. The van der Waals surface area contributed by atoms with Crippen LogP contribution in [0.2, 0.25) is 0 Å². The molecule has 0 unspecified atom stereocenters. The predicted octanol–water partition coefficient (Wildman–Crippen LogP) is 3.75. The molecule has 0 spiro atoms. The lowest BCUT2D eigenvalue weighted by Gasteiger charge is -2.17. The Bertz CT molecular complexity index is 935. The lowest BCUT2D eigenvalue weighted by molar-refractivity contribution is 0.0693. The third kappa shape index (κ3) is 4.80. The highest BCUT2D eigenvalue weighted by molar-refractivity contribution is 6.21. The number of imide groups is 1. The zero-order valence-corrected chi connectivity index (χ0v) is 17.4. The maximum Gasteiger partial charge on any atom is 0.261 e. The molecular formula is C24H28N2O3. The standard InChI is InChI=1S/C24H28N2O3/c1-17-8-4-5-9-18(17)13-15-25(2)14-7-6-10-22(27)19-11-12-20-21(16-19)24(29)26(3)23(20)28/h4-5,8-9,11-12,16H,6-7,10,13-15H2,1-3H3. The summed E-state index contributed by atoms with van der Waals surface area (Å²) in [6.45, 7) is 4.08. The minimum Gasteiger partial charge on any atom is -0.306 e. The fraction of sp³-hybridized carbons (Fsp3) is 0.375. The summed E-state index contributed by atoms with van der Waals surface area (Å²) in [7, 11) is 3.57. The Morgan fingerprint density at radius 1 is 0.966 bits per heavy atom. The summed E-state index contributed by atoms with van der Waals surface area (Å²) >= 11 is 0. The van der Waals surface area contributed by atoms with E-state index in [1.165, 1.54) is 18.2 Å². The van der Waals surface area contributed by atoms with Gasteiger partial charge in [0.1, 0.15) is 0 Å². The predicted molar refractivity (Wildman–Crippen MR) is 113 cm³/mol. The van der Waals surface area contributed by atoms with Gasteiger partial charge in [-0.3, -0.25) is 19.3 Å². The summed E-state index contributed by atoms with van der Waals surface area (Å²) in [4.78, 5) is 39.9. The van der Waals surface area contributed by atoms with Gasteiger partial charge in [-0.25, -0.2) is 0 Å². The lowest BCUT2D eigenvalue weighted by Crippen LogP contribution is -2.24. The molecular weight excluding hydrogens is 364 g/mol. The number of ketones is 1. The van der Waals surface area contributed by atoms with Crippen LogP contribution < -0.4 is 0 Å². The molecule has 1 aliphatic heterocycles. The van der Waals surface area contributed by atoms with E-state index in [4.69, 9.17) is 0 Å². The first kappa shape index (κ1) is 20.9. The van der Waals surface area contributed by atoms with Crippen molar-refractivity contribution in [2.45, 2.75) is 32.6 Å². The molecule has 5 nitrogen and oxygen atoms in total. The summed E-state index contributed by atoms with van der Waals surface area (Å²) in [6, 6.07) is 13.3. The number of likely N-dealkylation sites (N-methyl/N-ethyl adjacent to an activating group) is 1. The van der Waals surface area contributed by atoms with Crippen molar-refractivity contribution in [1.29, 1.82) is 0 Å². The number of nitrogens with zero attached hydrogens (tertiary/aromatic N) is 2. The van der Waals surface area contributed by atoms with Crippen molar-refractivity contribution >= 4 is 17.6 Å². The van der Waals surface area contributed by atoms with E-state index in [1.54, 1.807) is 18.2 Å². The smallest absolute Gasteiger partial charge is 0.261 e. The van der Waals surface area contributed by atoms with Crippen molar-refractivity contribution in [3.63, 3.8) is 0 Å². The van der Waals surface area contributed by atoms with Crippen molar-refractivity contribution in [3.05, 3.63) is 70.3 Å². The quantitative estimate of drug-likeness (QED) is 0.370. The maximum atomic E-state index is 12.5. The van der Waals surface area contributed by atoms with Crippen LogP contribution in [0, 0.1) is 6.92 Å². The molecule has 0 atom stereocenters. The molecule has 5 heteroatoms.